The van der Waals surface area contributed by atoms with E-state index in [1.165, 1.54) is 12.1 Å². The van der Waals surface area contributed by atoms with Crippen LogP contribution in [0.3, 0.4) is 0 Å². The van der Waals surface area contributed by atoms with Crippen LogP contribution in [0.4, 0.5) is 20.2 Å². The number of benzene rings is 2. The second kappa shape index (κ2) is 7.59. The van der Waals surface area contributed by atoms with Gasteiger partial charge in [0.2, 0.25) is 11.8 Å². The Balaban J connectivity index is 2.24. The van der Waals surface area contributed by atoms with E-state index >= 15 is 0 Å². The first kappa shape index (κ1) is 18.2. The third-order valence-electron chi connectivity index (χ3n) is 3.11. The molecule has 8 heteroatoms. The van der Waals surface area contributed by atoms with Crippen molar-refractivity contribution in [2.45, 2.75) is 6.92 Å². The van der Waals surface area contributed by atoms with Crippen LogP contribution in [0.15, 0.2) is 36.4 Å². The van der Waals surface area contributed by atoms with Gasteiger partial charge in [0.25, 0.3) is 0 Å². The van der Waals surface area contributed by atoms with E-state index in [0.717, 1.165) is 25.1 Å². The van der Waals surface area contributed by atoms with E-state index in [4.69, 9.17) is 23.2 Å². The Labute approximate surface area is 147 Å². The number of rotatable bonds is 4. The maximum absolute atomic E-state index is 13.9. The van der Waals surface area contributed by atoms with Crippen molar-refractivity contribution in [2.24, 2.45) is 0 Å². The Morgan fingerprint density at radius 3 is 2.25 bits per heavy atom. The van der Waals surface area contributed by atoms with Crippen LogP contribution in [0, 0.1) is 11.6 Å². The number of amides is 2. The standard InChI is InChI=1S/C16H12Cl2F2N2O2/c1-9(23)22(16-11(19)5-3-6-12(16)20)8-14(24)21-13-7-2-4-10(17)15(13)18/h2-7H,8H2,1H3,(H,21,24). The number of nitrogens with zero attached hydrogens (tertiary/aromatic N) is 1. The van der Waals surface area contributed by atoms with E-state index in [1.807, 2.05) is 0 Å². The van der Waals surface area contributed by atoms with Crippen molar-refractivity contribution in [3.05, 3.63) is 58.1 Å². The number of carbonyl (C=O) groups is 2. The molecule has 0 aliphatic rings. The summed E-state index contributed by atoms with van der Waals surface area (Å²) in [6.45, 7) is 0.515. The fraction of sp³-hybridized carbons (Fsp3) is 0.125. The Hall–Kier alpha value is -2.18. The Kier molecular flexibility index (Phi) is 5.75. The van der Waals surface area contributed by atoms with Crippen molar-refractivity contribution in [1.82, 2.24) is 0 Å². The molecule has 1 N–H and O–H groups in total. The summed E-state index contributed by atoms with van der Waals surface area (Å²) in [5.41, 5.74) is -0.357. The molecule has 0 radical (unpaired) electrons. The highest BCUT2D eigenvalue weighted by Gasteiger charge is 2.23. The molecule has 2 aromatic rings. The summed E-state index contributed by atoms with van der Waals surface area (Å²) in [6.07, 6.45) is 0. The number of nitrogens with one attached hydrogen (secondary N) is 1. The summed E-state index contributed by atoms with van der Waals surface area (Å²) in [5.74, 6) is -3.26. The van der Waals surface area contributed by atoms with Gasteiger partial charge in [-0.15, -0.1) is 0 Å². The Morgan fingerprint density at radius 2 is 1.67 bits per heavy atom. The van der Waals surface area contributed by atoms with Crippen LogP contribution in [0.2, 0.25) is 10.0 Å². The van der Waals surface area contributed by atoms with Crippen LogP contribution in [0.25, 0.3) is 0 Å². The van der Waals surface area contributed by atoms with Crippen LogP contribution >= 0.6 is 23.2 Å². The predicted molar refractivity (Wildman–Crippen MR) is 89.5 cm³/mol. The van der Waals surface area contributed by atoms with Gasteiger partial charge in [0.05, 0.1) is 15.7 Å². The zero-order valence-electron chi connectivity index (χ0n) is 12.4. The van der Waals surface area contributed by atoms with Gasteiger partial charge in [0.15, 0.2) is 0 Å². The highest BCUT2D eigenvalue weighted by Crippen LogP contribution is 2.29. The van der Waals surface area contributed by atoms with E-state index in [-0.39, 0.29) is 15.7 Å². The average Bonchev–Trinajstić information content (AvgIpc) is 2.50. The van der Waals surface area contributed by atoms with E-state index in [1.54, 1.807) is 6.07 Å². The molecule has 0 fully saturated rings. The third-order valence-corrected chi connectivity index (χ3v) is 3.93. The molecule has 0 bridgehead atoms. The molecule has 2 rings (SSSR count). The van der Waals surface area contributed by atoms with Gasteiger partial charge in [0.1, 0.15) is 23.9 Å². The lowest BCUT2D eigenvalue weighted by Crippen LogP contribution is -2.37. The minimum atomic E-state index is -0.946. The summed E-state index contributed by atoms with van der Waals surface area (Å²) >= 11 is 11.8. The molecule has 0 saturated carbocycles. The molecule has 0 heterocycles. The summed E-state index contributed by atoms with van der Waals surface area (Å²) in [7, 11) is 0. The molecule has 4 nitrogen and oxygen atoms in total. The fourth-order valence-corrected chi connectivity index (χ4v) is 2.38. The predicted octanol–water partition coefficient (Wildman–Crippen LogP) is 4.26. The van der Waals surface area contributed by atoms with E-state index in [2.05, 4.69) is 5.32 Å². The average molecular weight is 373 g/mol. The SMILES string of the molecule is CC(=O)N(CC(=O)Nc1cccc(Cl)c1Cl)c1c(F)cccc1F. The van der Waals surface area contributed by atoms with E-state index in [9.17, 15) is 18.4 Å². The summed E-state index contributed by atoms with van der Waals surface area (Å²) in [4.78, 5) is 24.6. The van der Waals surface area contributed by atoms with Gasteiger partial charge in [-0.2, -0.15) is 0 Å². The minimum Gasteiger partial charge on any atom is -0.323 e. The maximum atomic E-state index is 13.9. The topological polar surface area (TPSA) is 49.4 Å². The quantitative estimate of drug-likeness (QED) is 0.871. The van der Waals surface area contributed by atoms with Crippen LogP contribution < -0.4 is 10.2 Å². The van der Waals surface area contributed by atoms with Gasteiger partial charge < -0.3 is 5.32 Å². The Morgan fingerprint density at radius 1 is 1.08 bits per heavy atom. The zero-order valence-corrected chi connectivity index (χ0v) is 14.0. The number of hydrogen-bond donors (Lipinski definition) is 1. The molecule has 0 spiro atoms. The van der Waals surface area contributed by atoms with Crippen LogP contribution in [0.5, 0.6) is 0 Å². The number of anilines is 2. The lowest BCUT2D eigenvalue weighted by molar-refractivity contribution is -0.120. The third kappa shape index (κ3) is 4.01. The molecule has 2 aromatic carbocycles. The lowest BCUT2D eigenvalue weighted by atomic mass is 10.2. The second-order valence-corrected chi connectivity index (χ2v) is 5.61. The molecule has 0 aromatic heterocycles. The molecule has 126 valence electrons. The van der Waals surface area contributed by atoms with E-state index in [0.29, 0.717) is 4.90 Å². The highest BCUT2D eigenvalue weighted by molar-refractivity contribution is 6.44. The monoisotopic (exact) mass is 372 g/mol. The van der Waals surface area contributed by atoms with Gasteiger partial charge in [0, 0.05) is 6.92 Å². The van der Waals surface area contributed by atoms with Crippen molar-refractivity contribution in [3.8, 4) is 0 Å². The second-order valence-electron chi connectivity index (χ2n) is 4.82. The van der Waals surface area contributed by atoms with Gasteiger partial charge in [-0.25, -0.2) is 8.78 Å². The first-order chi connectivity index (χ1) is 11.3. The zero-order chi connectivity index (χ0) is 17.9. The molecule has 0 aliphatic heterocycles. The molecule has 0 unspecified atom stereocenters. The molecule has 0 atom stereocenters. The highest BCUT2D eigenvalue weighted by atomic mass is 35.5. The lowest BCUT2D eigenvalue weighted by Gasteiger charge is -2.22. The van der Waals surface area contributed by atoms with Crippen LogP contribution in [0.1, 0.15) is 6.92 Å². The van der Waals surface area contributed by atoms with Gasteiger partial charge >= 0.3 is 0 Å². The molecule has 0 saturated heterocycles. The Bertz CT molecular complexity index is 779. The number of para-hydroxylation sites is 1. The smallest absolute Gasteiger partial charge is 0.244 e. The first-order valence-electron chi connectivity index (χ1n) is 6.77. The maximum Gasteiger partial charge on any atom is 0.244 e. The van der Waals surface area contributed by atoms with Gasteiger partial charge in [-0.05, 0) is 24.3 Å². The first-order valence-corrected chi connectivity index (χ1v) is 7.53. The normalized spacial score (nSPS) is 10.4. The molecule has 0 aliphatic carbocycles. The molecular formula is C16H12Cl2F2N2O2. The molecule has 24 heavy (non-hydrogen) atoms. The minimum absolute atomic E-state index is 0.124. The van der Waals surface area contributed by atoms with Crippen molar-refractivity contribution in [2.75, 3.05) is 16.8 Å². The summed E-state index contributed by atoms with van der Waals surface area (Å²) in [6, 6.07) is 7.78. The van der Waals surface area contributed by atoms with Crippen molar-refractivity contribution in [1.29, 1.82) is 0 Å². The summed E-state index contributed by atoms with van der Waals surface area (Å²) in [5, 5.41) is 2.81. The fourth-order valence-electron chi connectivity index (χ4n) is 2.03. The molecular weight excluding hydrogens is 361 g/mol. The number of hydrogen-bond acceptors (Lipinski definition) is 2. The number of carbonyl (C=O) groups excluding carboxylic acids is 2. The molecule has 2 amide bonds. The van der Waals surface area contributed by atoms with E-state index < -0.39 is 35.7 Å². The van der Waals surface area contributed by atoms with Crippen molar-refractivity contribution < 1.29 is 18.4 Å². The van der Waals surface area contributed by atoms with Gasteiger partial charge in [-0.3, -0.25) is 14.5 Å². The van der Waals surface area contributed by atoms with Crippen molar-refractivity contribution >= 4 is 46.4 Å². The van der Waals surface area contributed by atoms with Crippen LogP contribution in [-0.2, 0) is 9.59 Å². The largest absolute Gasteiger partial charge is 0.323 e. The van der Waals surface area contributed by atoms with Gasteiger partial charge in [-0.1, -0.05) is 35.3 Å². The number of halogens is 4. The van der Waals surface area contributed by atoms with Crippen LogP contribution in [-0.4, -0.2) is 18.4 Å². The summed E-state index contributed by atoms with van der Waals surface area (Å²) < 4.78 is 27.7. The van der Waals surface area contributed by atoms with Crippen molar-refractivity contribution in [3.63, 3.8) is 0 Å².